The van der Waals surface area contributed by atoms with Crippen LogP contribution in [0.4, 0.5) is 13.2 Å². The van der Waals surface area contributed by atoms with Crippen LogP contribution in [0.25, 0.3) is 11.5 Å². The predicted octanol–water partition coefficient (Wildman–Crippen LogP) is 1.15. The standard InChI is InChI=1S/C11H9F3N4O4/c1-21-8(19)5-22-10-16-9(18(20)17-10)7-3-2-6(4-15-7)11(12,13)14/h2-4,20H,5H2,1H3. The molecule has 0 unspecified atom stereocenters. The molecular formula is C11H9F3N4O4. The molecule has 0 radical (unpaired) electrons. The molecule has 0 aromatic carbocycles. The van der Waals surface area contributed by atoms with Gasteiger partial charge in [-0.05, 0) is 12.1 Å². The van der Waals surface area contributed by atoms with E-state index in [1.54, 1.807) is 0 Å². The molecule has 0 atom stereocenters. The Kier molecular flexibility index (Phi) is 4.15. The van der Waals surface area contributed by atoms with Crippen molar-refractivity contribution in [3.8, 4) is 17.5 Å². The van der Waals surface area contributed by atoms with E-state index in [-0.39, 0.29) is 22.4 Å². The summed E-state index contributed by atoms with van der Waals surface area (Å²) in [7, 11) is 1.15. The average molecular weight is 318 g/mol. The minimum Gasteiger partial charge on any atom is -0.466 e. The van der Waals surface area contributed by atoms with E-state index in [1.807, 2.05) is 0 Å². The zero-order valence-corrected chi connectivity index (χ0v) is 11.0. The Morgan fingerprint density at radius 3 is 2.68 bits per heavy atom. The number of carbonyl (C=O) groups excluding carboxylic acids is 1. The highest BCUT2D eigenvalue weighted by molar-refractivity contribution is 5.70. The molecule has 2 heterocycles. The van der Waals surface area contributed by atoms with Crippen LogP contribution in [0.2, 0.25) is 0 Å². The van der Waals surface area contributed by atoms with Crippen molar-refractivity contribution >= 4 is 5.97 Å². The van der Waals surface area contributed by atoms with Crippen LogP contribution in [0.1, 0.15) is 5.56 Å². The monoisotopic (exact) mass is 318 g/mol. The third-order valence-corrected chi connectivity index (χ3v) is 2.44. The van der Waals surface area contributed by atoms with Gasteiger partial charge in [0, 0.05) is 6.20 Å². The van der Waals surface area contributed by atoms with Gasteiger partial charge in [-0.2, -0.15) is 18.2 Å². The lowest BCUT2D eigenvalue weighted by atomic mass is 10.2. The zero-order chi connectivity index (χ0) is 16.3. The molecule has 0 spiro atoms. The number of hydrogen-bond acceptors (Lipinski definition) is 7. The summed E-state index contributed by atoms with van der Waals surface area (Å²) in [5, 5.41) is 13.0. The number of esters is 1. The molecule has 0 aliphatic heterocycles. The highest BCUT2D eigenvalue weighted by Gasteiger charge is 2.31. The predicted molar refractivity (Wildman–Crippen MR) is 63.0 cm³/mol. The third kappa shape index (κ3) is 3.42. The number of halogens is 3. The van der Waals surface area contributed by atoms with Crippen molar-refractivity contribution in [1.29, 1.82) is 0 Å². The second-order valence-corrected chi connectivity index (χ2v) is 3.90. The summed E-state index contributed by atoms with van der Waals surface area (Å²) in [5.41, 5.74) is -1.00. The van der Waals surface area contributed by atoms with E-state index >= 15 is 0 Å². The molecule has 0 saturated carbocycles. The van der Waals surface area contributed by atoms with Crippen LogP contribution >= 0.6 is 0 Å². The van der Waals surface area contributed by atoms with Crippen LogP contribution in [0, 0.1) is 0 Å². The summed E-state index contributed by atoms with van der Waals surface area (Å²) >= 11 is 0. The normalized spacial score (nSPS) is 11.3. The van der Waals surface area contributed by atoms with Gasteiger partial charge in [-0.25, -0.2) is 4.79 Å². The second kappa shape index (κ2) is 5.87. The van der Waals surface area contributed by atoms with Gasteiger partial charge in [0.1, 0.15) is 5.69 Å². The van der Waals surface area contributed by atoms with Crippen molar-refractivity contribution in [2.45, 2.75) is 6.18 Å². The number of hydrogen-bond donors (Lipinski definition) is 1. The van der Waals surface area contributed by atoms with Gasteiger partial charge in [-0.15, -0.1) is 0 Å². The molecular weight excluding hydrogens is 309 g/mol. The van der Waals surface area contributed by atoms with Crippen molar-refractivity contribution in [3.05, 3.63) is 23.9 Å². The van der Waals surface area contributed by atoms with Crippen molar-refractivity contribution < 1.29 is 32.6 Å². The minimum absolute atomic E-state index is 0.0593. The van der Waals surface area contributed by atoms with Crippen LogP contribution in [-0.2, 0) is 15.7 Å². The van der Waals surface area contributed by atoms with Crippen molar-refractivity contribution in [1.82, 2.24) is 19.9 Å². The van der Waals surface area contributed by atoms with Crippen LogP contribution in [0.3, 0.4) is 0 Å². The Hall–Kier alpha value is -2.85. The Labute approximate surface area is 121 Å². The van der Waals surface area contributed by atoms with Gasteiger partial charge in [0.25, 0.3) is 0 Å². The molecule has 0 fully saturated rings. The fourth-order valence-corrected chi connectivity index (χ4v) is 1.38. The van der Waals surface area contributed by atoms with Crippen LogP contribution in [-0.4, -0.2) is 44.8 Å². The summed E-state index contributed by atoms with van der Waals surface area (Å²) < 4.78 is 46.5. The molecule has 0 aliphatic rings. The fraction of sp³-hybridized carbons (Fsp3) is 0.273. The van der Waals surface area contributed by atoms with Gasteiger partial charge >= 0.3 is 18.2 Å². The first-order chi connectivity index (χ1) is 10.3. The molecule has 0 saturated heterocycles. The number of aromatic nitrogens is 4. The molecule has 0 bridgehead atoms. The minimum atomic E-state index is -4.52. The summed E-state index contributed by atoms with van der Waals surface area (Å²) in [6.07, 6.45) is -3.92. The topological polar surface area (TPSA) is 99.4 Å². The third-order valence-electron chi connectivity index (χ3n) is 2.44. The lowest BCUT2D eigenvalue weighted by Gasteiger charge is -2.05. The first-order valence-electron chi connectivity index (χ1n) is 5.71. The molecule has 2 aromatic rings. The zero-order valence-electron chi connectivity index (χ0n) is 11.0. The molecule has 2 aromatic heterocycles. The highest BCUT2D eigenvalue weighted by atomic mass is 19.4. The Balaban J connectivity index is 2.19. The van der Waals surface area contributed by atoms with Gasteiger partial charge in [0.2, 0.25) is 5.82 Å². The van der Waals surface area contributed by atoms with E-state index in [0.717, 1.165) is 19.2 Å². The smallest absolute Gasteiger partial charge is 0.417 e. The van der Waals surface area contributed by atoms with Crippen molar-refractivity contribution in [3.63, 3.8) is 0 Å². The summed E-state index contributed by atoms with van der Waals surface area (Å²) in [4.78, 5) is 18.4. The molecule has 0 amide bonds. The Morgan fingerprint density at radius 1 is 1.41 bits per heavy atom. The maximum atomic E-state index is 12.4. The van der Waals surface area contributed by atoms with E-state index in [1.165, 1.54) is 0 Å². The largest absolute Gasteiger partial charge is 0.466 e. The van der Waals surface area contributed by atoms with Crippen molar-refractivity contribution in [2.75, 3.05) is 13.7 Å². The van der Waals surface area contributed by atoms with E-state index in [4.69, 9.17) is 4.74 Å². The van der Waals surface area contributed by atoms with E-state index in [2.05, 4.69) is 19.8 Å². The molecule has 22 heavy (non-hydrogen) atoms. The number of carbonyl (C=O) groups is 1. The van der Waals surface area contributed by atoms with Gasteiger partial charge in [-0.1, -0.05) is 9.94 Å². The lowest BCUT2D eigenvalue weighted by molar-refractivity contribution is -0.143. The number of methoxy groups -OCH3 is 1. The number of alkyl halides is 3. The van der Waals surface area contributed by atoms with Crippen LogP contribution in [0.5, 0.6) is 6.01 Å². The maximum Gasteiger partial charge on any atom is 0.417 e. The Morgan fingerprint density at radius 2 is 2.14 bits per heavy atom. The van der Waals surface area contributed by atoms with Gasteiger partial charge in [0.15, 0.2) is 6.61 Å². The van der Waals surface area contributed by atoms with E-state index in [9.17, 15) is 23.2 Å². The first kappa shape index (κ1) is 15.5. The van der Waals surface area contributed by atoms with Gasteiger partial charge in [-0.3, -0.25) is 4.98 Å². The molecule has 0 aliphatic carbocycles. The average Bonchev–Trinajstić information content (AvgIpc) is 2.85. The van der Waals surface area contributed by atoms with Crippen LogP contribution in [0.15, 0.2) is 18.3 Å². The SMILES string of the molecule is COC(=O)COc1nc(-c2ccc(C(F)(F)F)cn2)n(O)n1. The quantitative estimate of drug-likeness (QED) is 0.666. The number of ether oxygens (including phenoxy) is 2. The molecule has 1 N–H and O–H groups in total. The van der Waals surface area contributed by atoms with Gasteiger partial charge < -0.3 is 14.7 Å². The molecule has 11 heteroatoms. The number of nitrogens with zero attached hydrogens (tertiary/aromatic N) is 4. The second-order valence-electron chi connectivity index (χ2n) is 3.90. The Bertz CT molecular complexity index is 669. The fourth-order valence-electron chi connectivity index (χ4n) is 1.38. The summed E-state index contributed by atoms with van der Waals surface area (Å²) in [6.45, 7) is -0.486. The van der Waals surface area contributed by atoms with Gasteiger partial charge in [0.05, 0.1) is 12.7 Å². The van der Waals surface area contributed by atoms with E-state index < -0.39 is 24.3 Å². The molecule has 118 valence electrons. The number of rotatable bonds is 4. The summed E-state index contributed by atoms with van der Waals surface area (Å²) in [5.74, 6) is -0.933. The summed E-state index contributed by atoms with van der Waals surface area (Å²) in [6, 6.07) is 1.44. The first-order valence-corrected chi connectivity index (χ1v) is 5.71. The van der Waals surface area contributed by atoms with Crippen LogP contribution < -0.4 is 4.74 Å². The van der Waals surface area contributed by atoms with Crippen molar-refractivity contribution in [2.24, 2.45) is 0 Å². The lowest BCUT2D eigenvalue weighted by Crippen LogP contribution is -2.13. The number of pyridine rings is 1. The molecule has 8 nitrogen and oxygen atoms in total. The molecule has 2 rings (SSSR count). The maximum absolute atomic E-state index is 12.4. The highest BCUT2D eigenvalue weighted by Crippen LogP contribution is 2.29. The van der Waals surface area contributed by atoms with E-state index in [0.29, 0.717) is 6.20 Å².